The molecule has 0 amide bonds. The molecule has 1 aliphatic rings. The van der Waals surface area contributed by atoms with Crippen molar-refractivity contribution >= 4 is 26.7 Å². The zero-order valence-corrected chi connectivity index (χ0v) is 14.5. The summed E-state index contributed by atoms with van der Waals surface area (Å²) in [6.45, 7) is 0. The van der Waals surface area contributed by atoms with E-state index in [0.29, 0.717) is 18.2 Å². The number of rotatable bonds is 1. The molecule has 3 aromatic carbocycles. The van der Waals surface area contributed by atoms with E-state index in [-0.39, 0.29) is 5.56 Å². The lowest BCUT2D eigenvalue weighted by molar-refractivity contribution is 0.151. The van der Waals surface area contributed by atoms with E-state index in [1.54, 1.807) is 0 Å². The monoisotopic (exact) mass is 407 g/mol. The first-order chi connectivity index (χ1) is 12.0. The van der Waals surface area contributed by atoms with E-state index in [9.17, 15) is 13.2 Å². The number of halogens is 4. The Bertz CT molecular complexity index is 992. The summed E-state index contributed by atoms with van der Waals surface area (Å²) in [4.78, 5) is 0. The molecule has 0 spiro atoms. The molecule has 0 saturated heterocycles. The lowest BCUT2D eigenvalue weighted by atomic mass is 9.91. The molecule has 0 radical (unpaired) electrons. The maximum Gasteiger partial charge on any atom is 0.161 e. The normalized spacial score (nSPS) is 19.6. The van der Waals surface area contributed by atoms with Crippen LogP contribution in [0.15, 0.2) is 46.9 Å². The van der Waals surface area contributed by atoms with Crippen molar-refractivity contribution in [2.45, 2.75) is 18.6 Å². The minimum Gasteiger partial charge on any atom is -0.483 e. The SMILES string of the molecule is NC1Cc2cc(Br)c3ccccc3c2OC1c1cc(F)c(F)cc1F. The van der Waals surface area contributed by atoms with Crippen molar-refractivity contribution in [2.75, 3.05) is 0 Å². The third-order valence-corrected chi connectivity index (χ3v) is 5.11. The molecule has 0 saturated carbocycles. The highest BCUT2D eigenvalue weighted by Crippen LogP contribution is 2.42. The van der Waals surface area contributed by atoms with Crippen LogP contribution in [0.25, 0.3) is 10.8 Å². The van der Waals surface area contributed by atoms with Gasteiger partial charge in [-0.15, -0.1) is 0 Å². The fourth-order valence-electron chi connectivity index (χ4n) is 3.27. The van der Waals surface area contributed by atoms with Gasteiger partial charge in [0.15, 0.2) is 11.6 Å². The molecular weight excluding hydrogens is 395 g/mol. The van der Waals surface area contributed by atoms with Gasteiger partial charge in [-0.2, -0.15) is 0 Å². The summed E-state index contributed by atoms with van der Waals surface area (Å²) in [5.74, 6) is -2.64. The van der Waals surface area contributed by atoms with E-state index in [1.165, 1.54) is 0 Å². The third kappa shape index (κ3) is 2.69. The summed E-state index contributed by atoms with van der Waals surface area (Å²) in [7, 11) is 0. The first-order valence-corrected chi connectivity index (χ1v) is 8.52. The number of benzene rings is 3. The van der Waals surface area contributed by atoms with Crippen LogP contribution in [0.3, 0.4) is 0 Å². The van der Waals surface area contributed by atoms with Crippen molar-refractivity contribution in [3.05, 3.63) is 75.5 Å². The molecule has 1 aliphatic heterocycles. The van der Waals surface area contributed by atoms with Gasteiger partial charge in [0, 0.05) is 21.5 Å². The van der Waals surface area contributed by atoms with Crippen LogP contribution in [0.1, 0.15) is 17.2 Å². The third-order valence-electron chi connectivity index (χ3n) is 4.46. The van der Waals surface area contributed by atoms with Crippen LogP contribution in [0.4, 0.5) is 13.2 Å². The van der Waals surface area contributed by atoms with Gasteiger partial charge in [0.2, 0.25) is 0 Å². The number of nitrogens with two attached hydrogens (primary N) is 1. The highest BCUT2D eigenvalue weighted by molar-refractivity contribution is 9.10. The predicted molar refractivity (Wildman–Crippen MR) is 93.0 cm³/mol. The molecule has 128 valence electrons. The Balaban J connectivity index is 1.86. The fraction of sp³-hybridized carbons (Fsp3) is 0.158. The number of fused-ring (bicyclic) bond motifs is 3. The van der Waals surface area contributed by atoms with E-state index in [2.05, 4.69) is 15.9 Å². The molecule has 3 aromatic rings. The summed E-state index contributed by atoms with van der Waals surface area (Å²) in [5, 5.41) is 1.80. The van der Waals surface area contributed by atoms with Gasteiger partial charge in [0.05, 0.1) is 6.04 Å². The molecule has 2 N–H and O–H groups in total. The molecular formula is C19H13BrF3NO. The quantitative estimate of drug-likeness (QED) is 0.574. The maximum atomic E-state index is 14.2. The molecule has 25 heavy (non-hydrogen) atoms. The molecule has 0 fully saturated rings. The van der Waals surface area contributed by atoms with Gasteiger partial charge in [0.1, 0.15) is 17.7 Å². The largest absolute Gasteiger partial charge is 0.483 e. The summed E-state index contributed by atoms with van der Waals surface area (Å²) >= 11 is 3.54. The molecule has 1 heterocycles. The summed E-state index contributed by atoms with van der Waals surface area (Å²) in [6, 6.07) is 10.3. The van der Waals surface area contributed by atoms with Gasteiger partial charge >= 0.3 is 0 Å². The van der Waals surface area contributed by atoms with Crippen molar-refractivity contribution < 1.29 is 17.9 Å². The second-order valence-electron chi connectivity index (χ2n) is 6.09. The van der Waals surface area contributed by atoms with Gasteiger partial charge in [-0.05, 0) is 29.5 Å². The number of hydrogen-bond donors (Lipinski definition) is 1. The lowest BCUT2D eigenvalue weighted by Crippen LogP contribution is -2.38. The molecule has 0 bridgehead atoms. The van der Waals surface area contributed by atoms with Gasteiger partial charge in [0.25, 0.3) is 0 Å². The van der Waals surface area contributed by atoms with Crippen molar-refractivity contribution in [3.63, 3.8) is 0 Å². The van der Waals surface area contributed by atoms with Crippen LogP contribution in [-0.2, 0) is 6.42 Å². The summed E-state index contributed by atoms with van der Waals surface area (Å²) < 4.78 is 47.9. The van der Waals surface area contributed by atoms with Crippen LogP contribution in [0, 0.1) is 17.5 Å². The van der Waals surface area contributed by atoms with Crippen LogP contribution in [0.5, 0.6) is 5.75 Å². The fourth-order valence-corrected chi connectivity index (χ4v) is 3.90. The predicted octanol–water partition coefficient (Wildman–Crippen LogP) is 5.02. The van der Waals surface area contributed by atoms with Crippen molar-refractivity contribution in [1.82, 2.24) is 0 Å². The molecule has 2 nitrogen and oxygen atoms in total. The van der Waals surface area contributed by atoms with Gasteiger partial charge in [-0.25, -0.2) is 13.2 Å². The topological polar surface area (TPSA) is 35.2 Å². The van der Waals surface area contributed by atoms with E-state index in [1.807, 2.05) is 30.3 Å². The highest BCUT2D eigenvalue weighted by atomic mass is 79.9. The molecule has 0 aliphatic carbocycles. The van der Waals surface area contributed by atoms with Crippen molar-refractivity contribution in [3.8, 4) is 5.75 Å². The van der Waals surface area contributed by atoms with Crippen LogP contribution < -0.4 is 10.5 Å². The Kier molecular flexibility index (Phi) is 3.96. The van der Waals surface area contributed by atoms with Gasteiger partial charge < -0.3 is 10.5 Å². The smallest absolute Gasteiger partial charge is 0.161 e. The second kappa shape index (κ2) is 6.04. The first-order valence-electron chi connectivity index (χ1n) is 7.72. The van der Waals surface area contributed by atoms with E-state index in [0.717, 1.165) is 26.9 Å². The Morgan fingerprint density at radius 1 is 0.960 bits per heavy atom. The van der Waals surface area contributed by atoms with Crippen LogP contribution in [-0.4, -0.2) is 6.04 Å². The molecule has 2 atom stereocenters. The average molecular weight is 408 g/mol. The Morgan fingerprint density at radius 3 is 2.40 bits per heavy atom. The van der Waals surface area contributed by atoms with Crippen LogP contribution >= 0.6 is 15.9 Å². The Hall–Kier alpha value is -2.05. The molecule has 2 unspecified atom stereocenters. The minimum absolute atomic E-state index is 0.0796. The standard InChI is InChI=1S/C19H13BrF3NO/c20-13-5-9-6-17(24)19(12-7-15(22)16(23)8-14(12)21)25-18(9)11-4-2-1-3-10(11)13/h1-5,7-8,17,19H,6,24H2. The molecule has 4 rings (SSSR count). The Morgan fingerprint density at radius 2 is 1.64 bits per heavy atom. The van der Waals surface area contributed by atoms with Crippen LogP contribution in [0.2, 0.25) is 0 Å². The van der Waals surface area contributed by atoms with E-state index < -0.39 is 29.6 Å². The van der Waals surface area contributed by atoms with Crippen molar-refractivity contribution in [1.29, 1.82) is 0 Å². The Labute approximate surface area is 150 Å². The number of ether oxygens (including phenoxy) is 1. The highest BCUT2D eigenvalue weighted by Gasteiger charge is 2.33. The summed E-state index contributed by atoms with van der Waals surface area (Å²) in [6.07, 6.45) is -0.464. The van der Waals surface area contributed by atoms with E-state index >= 15 is 0 Å². The summed E-state index contributed by atoms with van der Waals surface area (Å²) in [5.41, 5.74) is 6.96. The maximum absolute atomic E-state index is 14.2. The average Bonchev–Trinajstić information content (AvgIpc) is 2.58. The molecule has 0 aromatic heterocycles. The first kappa shape index (κ1) is 16.4. The minimum atomic E-state index is -1.24. The van der Waals surface area contributed by atoms with Gasteiger partial charge in [-0.3, -0.25) is 0 Å². The zero-order valence-electron chi connectivity index (χ0n) is 12.9. The van der Waals surface area contributed by atoms with Gasteiger partial charge in [-0.1, -0.05) is 40.2 Å². The zero-order chi connectivity index (χ0) is 17.7. The molecule has 6 heteroatoms. The number of hydrogen-bond acceptors (Lipinski definition) is 2. The lowest BCUT2D eigenvalue weighted by Gasteiger charge is -2.33. The van der Waals surface area contributed by atoms with Crippen molar-refractivity contribution in [2.24, 2.45) is 5.73 Å². The van der Waals surface area contributed by atoms with E-state index in [4.69, 9.17) is 10.5 Å². The second-order valence-corrected chi connectivity index (χ2v) is 6.94.